The molecule has 0 atom stereocenters. The minimum atomic E-state index is -5.08. The van der Waals surface area contributed by atoms with Gasteiger partial charge in [-0.05, 0) is 54.8 Å². The van der Waals surface area contributed by atoms with Crippen LogP contribution in [0.1, 0.15) is 27.0 Å². The Kier molecular flexibility index (Phi) is 10.6. The predicted molar refractivity (Wildman–Crippen MR) is 154 cm³/mol. The summed E-state index contributed by atoms with van der Waals surface area (Å²) in [5.74, 6) is -2.91. The summed E-state index contributed by atoms with van der Waals surface area (Å²) in [6.07, 6.45) is -5.08. The van der Waals surface area contributed by atoms with Gasteiger partial charge in [0.05, 0.1) is 10.5 Å². The van der Waals surface area contributed by atoms with Crippen molar-refractivity contribution in [2.45, 2.75) is 31.5 Å². The molecule has 9 nitrogen and oxygen atoms in total. The van der Waals surface area contributed by atoms with Crippen LogP contribution in [0, 0.1) is 13.8 Å². The number of anilines is 2. The Hall–Kier alpha value is -4.10. The summed E-state index contributed by atoms with van der Waals surface area (Å²) in [7, 11) is -2.05. The quantitative estimate of drug-likeness (QED) is 0.364. The summed E-state index contributed by atoms with van der Waals surface area (Å²) in [6.45, 7) is 7.30. The highest BCUT2D eigenvalue weighted by molar-refractivity contribution is 7.92. The molecule has 0 bridgehead atoms. The summed E-state index contributed by atoms with van der Waals surface area (Å²) < 4.78 is 60.8. The molecule has 3 N–H and O–H groups in total. The molecule has 4 rings (SSSR count). The molecule has 0 saturated carbocycles. The first-order chi connectivity index (χ1) is 19.7. The number of alkyl halides is 3. The smallest absolute Gasteiger partial charge is 0.475 e. The Morgan fingerprint density at radius 1 is 1.00 bits per heavy atom. The molecule has 1 saturated heterocycles. The summed E-state index contributed by atoms with van der Waals surface area (Å²) >= 11 is 0. The fourth-order valence-electron chi connectivity index (χ4n) is 4.29. The van der Waals surface area contributed by atoms with Crippen molar-refractivity contribution in [2.24, 2.45) is 0 Å². The van der Waals surface area contributed by atoms with Crippen molar-refractivity contribution in [1.82, 2.24) is 10.2 Å². The van der Waals surface area contributed by atoms with Crippen LogP contribution in [-0.4, -0.2) is 69.7 Å². The number of nitrogens with one attached hydrogen (secondary N) is 2. The molecule has 0 radical (unpaired) electrons. The average molecular weight is 607 g/mol. The number of benzene rings is 3. The molecule has 3 aromatic carbocycles. The first-order valence-corrected chi connectivity index (χ1v) is 14.5. The summed E-state index contributed by atoms with van der Waals surface area (Å²) in [5.41, 5.74) is 4.21. The lowest BCUT2D eigenvalue weighted by molar-refractivity contribution is -0.192. The number of nitrogens with zero attached hydrogens (tertiary/aromatic N) is 2. The minimum absolute atomic E-state index is 0.157. The van der Waals surface area contributed by atoms with E-state index in [0.717, 1.165) is 43.0 Å². The number of amides is 1. The number of piperazine rings is 1. The molecule has 1 heterocycles. The van der Waals surface area contributed by atoms with Gasteiger partial charge in [-0.2, -0.15) is 13.2 Å². The SMILES string of the molecule is Cc1ccc(C)c(S(=O)(=O)Nc2ccc(N3CCNCC3)c(C(=O)N(C)Cc3ccccc3)c2)c1.O=C(O)C(F)(F)F. The predicted octanol–water partition coefficient (Wildman–Crippen LogP) is 4.42. The fraction of sp³-hybridized carbons (Fsp3) is 0.310. The number of carbonyl (C=O) groups excluding carboxylic acids is 1. The van der Waals surface area contributed by atoms with E-state index in [4.69, 9.17) is 9.90 Å². The Bertz CT molecular complexity index is 1510. The van der Waals surface area contributed by atoms with Crippen LogP contribution in [0.2, 0.25) is 0 Å². The van der Waals surface area contributed by atoms with Gasteiger partial charge >= 0.3 is 12.1 Å². The standard InChI is InChI=1S/C27H32N4O3S.C2HF3O2/c1-20-9-10-21(2)26(17-20)35(33,34)29-23-11-12-25(31-15-13-28-14-16-31)24(18-23)27(32)30(3)19-22-7-5-4-6-8-22;3-2(4,5)1(6)7/h4-12,17-18,28-29H,13-16,19H2,1-3H3;(H,6,7). The van der Waals surface area contributed by atoms with Crippen molar-refractivity contribution in [3.8, 4) is 0 Å². The average Bonchev–Trinajstić information content (AvgIpc) is 2.94. The van der Waals surface area contributed by atoms with E-state index in [0.29, 0.717) is 23.4 Å². The normalized spacial score (nSPS) is 13.5. The number of rotatable bonds is 7. The van der Waals surface area contributed by atoms with Crippen molar-refractivity contribution in [3.63, 3.8) is 0 Å². The fourth-order valence-corrected chi connectivity index (χ4v) is 5.67. The van der Waals surface area contributed by atoms with Crippen molar-refractivity contribution >= 4 is 33.3 Å². The molecule has 0 unspecified atom stereocenters. The van der Waals surface area contributed by atoms with Crippen molar-refractivity contribution in [1.29, 1.82) is 0 Å². The van der Waals surface area contributed by atoms with Gasteiger partial charge in [0, 0.05) is 51.1 Å². The van der Waals surface area contributed by atoms with Gasteiger partial charge in [-0.3, -0.25) is 9.52 Å². The van der Waals surface area contributed by atoms with Crippen LogP contribution in [0.4, 0.5) is 24.5 Å². The van der Waals surface area contributed by atoms with E-state index in [1.165, 1.54) is 0 Å². The second kappa shape index (κ2) is 13.7. The highest BCUT2D eigenvalue weighted by Gasteiger charge is 2.38. The lowest BCUT2D eigenvalue weighted by Crippen LogP contribution is -2.44. The second-order valence-corrected chi connectivity index (χ2v) is 11.4. The Labute approximate surface area is 243 Å². The second-order valence-electron chi connectivity index (χ2n) is 9.79. The Morgan fingerprint density at radius 2 is 1.62 bits per heavy atom. The summed E-state index contributed by atoms with van der Waals surface area (Å²) in [5, 5.41) is 10.5. The third kappa shape index (κ3) is 8.70. The molecule has 42 heavy (non-hydrogen) atoms. The number of hydrogen-bond donors (Lipinski definition) is 3. The molecule has 0 spiro atoms. The molecule has 1 amide bonds. The monoisotopic (exact) mass is 606 g/mol. The molecular weight excluding hydrogens is 573 g/mol. The van der Waals surface area contributed by atoms with Crippen molar-refractivity contribution < 1.29 is 36.3 Å². The molecule has 3 aromatic rings. The Morgan fingerprint density at radius 3 is 2.21 bits per heavy atom. The molecule has 1 fully saturated rings. The number of carboxylic acid groups (broad SMARTS) is 1. The first kappa shape index (κ1) is 32.4. The summed E-state index contributed by atoms with van der Waals surface area (Å²) in [6, 6.07) is 20.4. The van der Waals surface area contributed by atoms with Gasteiger partial charge in [-0.15, -0.1) is 0 Å². The van der Waals surface area contributed by atoms with Gasteiger partial charge in [0.15, 0.2) is 0 Å². The van der Waals surface area contributed by atoms with E-state index in [9.17, 15) is 26.4 Å². The summed E-state index contributed by atoms with van der Waals surface area (Å²) in [4.78, 5) is 26.6. The number of aliphatic carboxylic acids is 1. The topological polar surface area (TPSA) is 119 Å². The maximum atomic E-state index is 13.6. The first-order valence-electron chi connectivity index (χ1n) is 13.0. The Balaban J connectivity index is 0.000000616. The number of carboxylic acids is 1. The zero-order chi connectivity index (χ0) is 31.1. The third-order valence-electron chi connectivity index (χ3n) is 6.42. The van der Waals surface area contributed by atoms with Crippen LogP contribution in [0.25, 0.3) is 0 Å². The number of hydrogen-bond acceptors (Lipinski definition) is 6. The minimum Gasteiger partial charge on any atom is -0.475 e. The highest BCUT2D eigenvalue weighted by Crippen LogP contribution is 2.28. The van der Waals surface area contributed by atoms with Crippen LogP contribution >= 0.6 is 0 Å². The molecule has 226 valence electrons. The van der Waals surface area contributed by atoms with Gasteiger partial charge in [0.1, 0.15) is 0 Å². The van der Waals surface area contributed by atoms with Crippen LogP contribution in [0.3, 0.4) is 0 Å². The molecule has 1 aliphatic heterocycles. The molecule has 13 heteroatoms. The molecule has 0 aromatic heterocycles. The lowest BCUT2D eigenvalue weighted by Gasteiger charge is -2.32. The molecular formula is C29H33F3N4O5S. The van der Waals surface area contributed by atoms with Gasteiger partial charge < -0.3 is 20.2 Å². The van der Waals surface area contributed by atoms with Crippen LogP contribution in [0.15, 0.2) is 71.6 Å². The zero-order valence-corrected chi connectivity index (χ0v) is 24.2. The largest absolute Gasteiger partial charge is 0.490 e. The molecule has 0 aliphatic carbocycles. The van der Waals surface area contributed by atoms with E-state index < -0.39 is 22.2 Å². The highest BCUT2D eigenvalue weighted by atomic mass is 32.2. The maximum Gasteiger partial charge on any atom is 0.490 e. The van der Waals surface area contributed by atoms with E-state index in [1.807, 2.05) is 49.4 Å². The van der Waals surface area contributed by atoms with Crippen LogP contribution in [0.5, 0.6) is 0 Å². The van der Waals surface area contributed by atoms with Crippen LogP contribution < -0.4 is 14.9 Å². The van der Waals surface area contributed by atoms with E-state index in [-0.39, 0.29) is 10.8 Å². The lowest BCUT2D eigenvalue weighted by atomic mass is 10.1. The zero-order valence-electron chi connectivity index (χ0n) is 23.4. The van der Waals surface area contributed by atoms with Crippen LogP contribution in [-0.2, 0) is 21.4 Å². The van der Waals surface area contributed by atoms with E-state index in [1.54, 1.807) is 43.1 Å². The van der Waals surface area contributed by atoms with Gasteiger partial charge in [0.25, 0.3) is 15.9 Å². The van der Waals surface area contributed by atoms with E-state index in [2.05, 4.69) is 14.9 Å². The third-order valence-corrected chi connectivity index (χ3v) is 7.95. The van der Waals surface area contributed by atoms with E-state index >= 15 is 0 Å². The molecule has 1 aliphatic rings. The number of carbonyl (C=O) groups is 2. The van der Waals surface area contributed by atoms with Crippen molar-refractivity contribution in [3.05, 3.63) is 89.0 Å². The number of halogens is 3. The van der Waals surface area contributed by atoms with Gasteiger partial charge in [0.2, 0.25) is 0 Å². The maximum absolute atomic E-state index is 13.6. The van der Waals surface area contributed by atoms with Gasteiger partial charge in [-0.1, -0.05) is 42.5 Å². The van der Waals surface area contributed by atoms with Gasteiger partial charge in [-0.25, -0.2) is 13.2 Å². The number of aryl methyl sites for hydroxylation is 2. The number of sulfonamides is 1. The van der Waals surface area contributed by atoms with Crippen molar-refractivity contribution in [2.75, 3.05) is 42.8 Å².